The second-order valence-corrected chi connectivity index (χ2v) is 4.82. The molecule has 3 heteroatoms. The molecule has 0 unspecified atom stereocenters. The smallest absolute Gasteiger partial charge is 0.0758 e. The van der Waals surface area contributed by atoms with Gasteiger partial charge in [-0.2, -0.15) is 0 Å². The van der Waals surface area contributed by atoms with Gasteiger partial charge in [0.05, 0.1) is 11.2 Å². The van der Waals surface area contributed by atoms with E-state index in [4.69, 9.17) is 10.8 Å². The van der Waals surface area contributed by atoms with Crippen LogP contribution in [0.1, 0.15) is 36.6 Å². The summed E-state index contributed by atoms with van der Waals surface area (Å²) >= 11 is 0. The molecule has 0 saturated heterocycles. The van der Waals surface area contributed by atoms with Crippen LogP contribution in [-0.4, -0.2) is 4.98 Å². The van der Waals surface area contributed by atoms with Crippen LogP contribution >= 0.6 is 0 Å². The van der Waals surface area contributed by atoms with Crippen molar-refractivity contribution in [3.05, 3.63) is 35.0 Å². The number of fused-ring (bicyclic) bond motifs is 1. The molecule has 2 aromatic rings. The zero-order chi connectivity index (χ0) is 12.6. The van der Waals surface area contributed by atoms with Crippen molar-refractivity contribution >= 4 is 16.6 Å². The molecule has 1 heterocycles. The molecule has 0 aliphatic carbocycles. The number of hydrazine groups is 1. The molecule has 0 atom stereocenters. The number of pyridine rings is 1. The molecule has 0 aliphatic rings. The zero-order valence-electron chi connectivity index (χ0n) is 10.8. The number of anilines is 1. The van der Waals surface area contributed by atoms with E-state index >= 15 is 0 Å². The van der Waals surface area contributed by atoms with Crippen LogP contribution in [0.4, 0.5) is 5.69 Å². The summed E-state index contributed by atoms with van der Waals surface area (Å²) in [6, 6.07) is 6.25. The summed E-state index contributed by atoms with van der Waals surface area (Å²) in [6.45, 7) is 8.44. The van der Waals surface area contributed by atoms with Crippen molar-refractivity contribution in [2.24, 2.45) is 5.84 Å². The third-order valence-electron chi connectivity index (χ3n) is 3.14. The van der Waals surface area contributed by atoms with Gasteiger partial charge in [0.25, 0.3) is 0 Å². The van der Waals surface area contributed by atoms with Gasteiger partial charge >= 0.3 is 0 Å². The monoisotopic (exact) mass is 229 g/mol. The van der Waals surface area contributed by atoms with Gasteiger partial charge in [-0.1, -0.05) is 26.0 Å². The molecule has 1 aromatic carbocycles. The standard InChI is InChI=1S/C14H19N3/c1-8(2)11-7-12(17-15)13-9(3)5-6-10(4)14(13)16-11/h5-8H,15H2,1-4H3,(H,16,17). The fraction of sp³-hybridized carbons (Fsp3) is 0.357. The highest BCUT2D eigenvalue weighted by Gasteiger charge is 2.11. The number of hydrogen-bond donors (Lipinski definition) is 2. The fourth-order valence-corrected chi connectivity index (χ4v) is 2.07. The zero-order valence-corrected chi connectivity index (χ0v) is 10.8. The SMILES string of the molecule is Cc1ccc(C)c2c(NN)cc(C(C)C)nc12. The van der Waals surface area contributed by atoms with Gasteiger partial charge in [0, 0.05) is 11.1 Å². The first-order chi connectivity index (χ1) is 8.04. The molecular weight excluding hydrogens is 210 g/mol. The van der Waals surface area contributed by atoms with Crippen LogP contribution < -0.4 is 11.3 Å². The first-order valence-electron chi connectivity index (χ1n) is 5.92. The first kappa shape index (κ1) is 11.9. The maximum Gasteiger partial charge on any atom is 0.0758 e. The van der Waals surface area contributed by atoms with Crippen molar-refractivity contribution in [1.29, 1.82) is 0 Å². The van der Waals surface area contributed by atoms with Crippen LogP contribution in [0.15, 0.2) is 18.2 Å². The quantitative estimate of drug-likeness (QED) is 0.614. The second-order valence-electron chi connectivity index (χ2n) is 4.82. The molecule has 0 spiro atoms. The molecular formula is C14H19N3. The lowest BCUT2D eigenvalue weighted by atomic mass is 10.0. The summed E-state index contributed by atoms with van der Waals surface area (Å²) < 4.78 is 0. The summed E-state index contributed by atoms with van der Waals surface area (Å²) in [5.41, 5.74) is 8.25. The summed E-state index contributed by atoms with van der Waals surface area (Å²) in [7, 11) is 0. The van der Waals surface area contributed by atoms with E-state index in [0.29, 0.717) is 5.92 Å². The van der Waals surface area contributed by atoms with Crippen LogP contribution in [0.2, 0.25) is 0 Å². The Balaban J connectivity index is 2.87. The van der Waals surface area contributed by atoms with Crippen molar-refractivity contribution in [3.8, 4) is 0 Å². The molecule has 1 aromatic heterocycles. The van der Waals surface area contributed by atoms with E-state index in [1.807, 2.05) is 6.07 Å². The van der Waals surface area contributed by atoms with Gasteiger partial charge in [0.2, 0.25) is 0 Å². The molecule has 0 fully saturated rings. The van der Waals surface area contributed by atoms with Crippen molar-refractivity contribution in [2.45, 2.75) is 33.6 Å². The Morgan fingerprint density at radius 3 is 2.41 bits per heavy atom. The Hall–Kier alpha value is -1.61. The minimum Gasteiger partial charge on any atom is -0.323 e. The lowest BCUT2D eigenvalue weighted by Crippen LogP contribution is -2.09. The molecule has 2 rings (SSSR count). The molecule has 0 aliphatic heterocycles. The molecule has 0 amide bonds. The molecule has 17 heavy (non-hydrogen) atoms. The number of aromatic nitrogens is 1. The third kappa shape index (κ3) is 1.98. The van der Waals surface area contributed by atoms with E-state index in [1.165, 1.54) is 11.1 Å². The number of nitrogens with two attached hydrogens (primary N) is 1. The Kier molecular flexibility index (Phi) is 3.03. The minimum atomic E-state index is 0.395. The number of nitrogen functional groups attached to an aromatic ring is 1. The van der Waals surface area contributed by atoms with E-state index in [0.717, 1.165) is 22.3 Å². The maximum atomic E-state index is 5.63. The molecule has 0 saturated carbocycles. The average Bonchev–Trinajstić information content (AvgIpc) is 2.32. The number of nitrogens with one attached hydrogen (secondary N) is 1. The van der Waals surface area contributed by atoms with Crippen LogP contribution in [0.25, 0.3) is 10.9 Å². The highest BCUT2D eigenvalue weighted by atomic mass is 15.2. The van der Waals surface area contributed by atoms with Crippen molar-refractivity contribution < 1.29 is 0 Å². The van der Waals surface area contributed by atoms with Crippen LogP contribution in [0.3, 0.4) is 0 Å². The highest BCUT2D eigenvalue weighted by molar-refractivity contribution is 5.95. The van der Waals surface area contributed by atoms with E-state index in [9.17, 15) is 0 Å². The van der Waals surface area contributed by atoms with E-state index in [2.05, 4.69) is 45.3 Å². The Bertz CT molecular complexity index is 559. The lowest BCUT2D eigenvalue weighted by molar-refractivity contribution is 0.829. The second kappa shape index (κ2) is 4.34. The fourth-order valence-electron chi connectivity index (χ4n) is 2.07. The molecule has 0 radical (unpaired) electrons. The van der Waals surface area contributed by atoms with Gasteiger partial charge in [-0.05, 0) is 37.0 Å². The minimum absolute atomic E-state index is 0.395. The maximum absolute atomic E-state index is 5.63. The summed E-state index contributed by atoms with van der Waals surface area (Å²) in [5, 5.41) is 1.12. The molecule has 3 nitrogen and oxygen atoms in total. The van der Waals surface area contributed by atoms with Gasteiger partial charge in [-0.25, -0.2) is 0 Å². The van der Waals surface area contributed by atoms with Gasteiger partial charge in [0.1, 0.15) is 0 Å². The average molecular weight is 229 g/mol. The van der Waals surface area contributed by atoms with Gasteiger partial charge in [-0.15, -0.1) is 0 Å². The van der Waals surface area contributed by atoms with Gasteiger partial charge in [-0.3, -0.25) is 10.8 Å². The molecule has 0 bridgehead atoms. The predicted octanol–water partition coefficient (Wildman–Crippen LogP) is 3.26. The Morgan fingerprint density at radius 1 is 1.18 bits per heavy atom. The number of hydrogen-bond acceptors (Lipinski definition) is 3. The van der Waals surface area contributed by atoms with Crippen molar-refractivity contribution in [2.75, 3.05) is 5.43 Å². The number of aryl methyl sites for hydroxylation is 2. The predicted molar refractivity (Wildman–Crippen MR) is 73.1 cm³/mol. The number of nitrogens with zero attached hydrogens (tertiary/aromatic N) is 1. The third-order valence-corrected chi connectivity index (χ3v) is 3.14. The van der Waals surface area contributed by atoms with Gasteiger partial charge in [0.15, 0.2) is 0 Å². The molecule has 90 valence electrons. The number of benzene rings is 1. The topological polar surface area (TPSA) is 50.9 Å². The number of rotatable bonds is 2. The van der Waals surface area contributed by atoms with E-state index in [1.54, 1.807) is 0 Å². The van der Waals surface area contributed by atoms with Crippen LogP contribution in [0.5, 0.6) is 0 Å². The summed E-state index contributed by atoms with van der Waals surface area (Å²) in [4.78, 5) is 4.75. The lowest BCUT2D eigenvalue weighted by Gasteiger charge is -2.14. The van der Waals surface area contributed by atoms with Crippen molar-refractivity contribution in [3.63, 3.8) is 0 Å². The summed E-state index contributed by atoms with van der Waals surface area (Å²) in [6.07, 6.45) is 0. The highest BCUT2D eigenvalue weighted by Crippen LogP contribution is 2.30. The molecule has 3 N–H and O–H groups in total. The normalized spacial score (nSPS) is 11.2. The largest absolute Gasteiger partial charge is 0.323 e. The van der Waals surface area contributed by atoms with E-state index in [-0.39, 0.29) is 0 Å². The Labute approximate surface area is 102 Å². The van der Waals surface area contributed by atoms with Crippen LogP contribution in [-0.2, 0) is 0 Å². The van der Waals surface area contributed by atoms with E-state index < -0.39 is 0 Å². The summed E-state index contributed by atoms with van der Waals surface area (Å²) in [5.74, 6) is 6.02. The van der Waals surface area contributed by atoms with Crippen LogP contribution in [0, 0.1) is 13.8 Å². The van der Waals surface area contributed by atoms with Crippen molar-refractivity contribution in [1.82, 2.24) is 4.98 Å². The van der Waals surface area contributed by atoms with Gasteiger partial charge < -0.3 is 5.43 Å². The first-order valence-corrected chi connectivity index (χ1v) is 5.92. The Morgan fingerprint density at radius 2 is 1.82 bits per heavy atom.